The van der Waals surface area contributed by atoms with Crippen molar-refractivity contribution in [2.75, 3.05) is 37.7 Å². The minimum Gasteiger partial charge on any atom is -0.341 e. The molecule has 260 valence electrons. The van der Waals surface area contributed by atoms with Crippen molar-refractivity contribution in [2.24, 2.45) is 23.7 Å². The predicted molar refractivity (Wildman–Crippen MR) is 197 cm³/mol. The Balaban J connectivity index is 1.22. The standard InChI is InChI=1S/C37H46N6O4S2/c1-24-16-25(2)19-40(18-24)32(44)22-48-36-38-30-12-7-5-10-28(30)34(46)42(36)14-9-15-43-35(47)29-11-6-8-13-31(29)39-37(43)49-23-33(45)41-20-26(3)17-27(4)21-41/h5-8,10-13,24-27H,9,14-23H2,1-4H3/t24-,25-,26-,27+/m0/s1. The Bertz CT molecular complexity index is 1800. The van der Waals surface area contributed by atoms with Crippen molar-refractivity contribution in [1.82, 2.24) is 28.9 Å². The van der Waals surface area contributed by atoms with Gasteiger partial charge in [0.2, 0.25) is 11.8 Å². The first kappa shape index (κ1) is 35.2. The number of fused-ring (bicyclic) bond motifs is 2. The zero-order valence-electron chi connectivity index (χ0n) is 28.8. The van der Waals surface area contributed by atoms with Crippen LogP contribution in [0.5, 0.6) is 0 Å². The van der Waals surface area contributed by atoms with Gasteiger partial charge in [-0.15, -0.1) is 0 Å². The van der Waals surface area contributed by atoms with E-state index in [2.05, 4.69) is 27.7 Å². The fraction of sp³-hybridized carbons (Fsp3) is 0.514. The SMILES string of the molecule is C[C@@H]1C[C@H](C)CN(C(=O)CSc2nc3ccccc3c(=O)n2CCCn2c(SCC(=O)N3C[C@@H](C)C[C@H](C)C3)nc3ccccc3c2=O)C1. The van der Waals surface area contributed by atoms with E-state index in [9.17, 15) is 19.2 Å². The maximum Gasteiger partial charge on any atom is 0.262 e. The molecule has 0 unspecified atom stereocenters. The molecule has 2 amide bonds. The van der Waals surface area contributed by atoms with Crippen molar-refractivity contribution in [2.45, 2.75) is 70.4 Å². The third-order valence-electron chi connectivity index (χ3n) is 9.51. The van der Waals surface area contributed by atoms with Gasteiger partial charge in [0, 0.05) is 39.3 Å². The van der Waals surface area contributed by atoms with Crippen molar-refractivity contribution >= 4 is 57.1 Å². The molecule has 2 fully saturated rings. The van der Waals surface area contributed by atoms with Gasteiger partial charge in [0.15, 0.2) is 10.3 Å². The van der Waals surface area contributed by atoms with Gasteiger partial charge >= 0.3 is 0 Å². The predicted octanol–water partition coefficient (Wildman–Crippen LogP) is 5.39. The van der Waals surface area contributed by atoms with Gasteiger partial charge in [0.05, 0.1) is 33.3 Å². The summed E-state index contributed by atoms with van der Waals surface area (Å²) in [6.07, 6.45) is 2.68. The summed E-state index contributed by atoms with van der Waals surface area (Å²) in [6.45, 7) is 12.3. The highest BCUT2D eigenvalue weighted by atomic mass is 32.2. The van der Waals surface area contributed by atoms with Gasteiger partial charge in [-0.3, -0.25) is 28.3 Å². The Morgan fingerprint density at radius 3 is 1.39 bits per heavy atom. The number of nitrogens with zero attached hydrogens (tertiary/aromatic N) is 6. The molecule has 2 aromatic heterocycles. The summed E-state index contributed by atoms with van der Waals surface area (Å²) < 4.78 is 3.27. The van der Waals surface area contributed by atoms with Crippen LogP contribution in [0.2, 0.25) is 0 Å². The van der Waals surface area contributed by atoms with E-state index in [0.29, 0.717) is 75.3 Å². The van der Waals surface area contributed by atoms with Crippen LogP contribution in [0.25, 0.3) is 21.8 Å². The van der Waals surface area contributed by atoms with Gasteiger partial charge in [0.1, 0.15) is 0 Å². The molecule has 0 saturated carbocycles. The van der Waals surface area contributed by atoms with Gasteiger partial charge in [-0.2, -0.15) is 0 Å². The number of carbonyl (C=O) groups is 2. The van der Waals surface area contributed by atoms with E-state index in [-0.39, 0.29) is 34.4 Å². The molecule has 2 aliphatic heterocycles. The molecule has 6 rings (SSSR count). The van der Waals surface area contributed by atoms with Crippen LogP contribution in [0.1, 0.15) is 47.0 Å². The average molecular weight is 703 g/mol. The summed E-state index contributed by atoms with van der Waals surface area (Å²) in [5.41, 5.74) is 0.842. The van der Waals surface area contributed by atoms with Crippen molar-refractivity contribution in [3.63, 3.8) is 0 Å². The molecule has 0 radical (unpaired) electrons. The van der Waals surface area contributed by atoms with Gasteiger partial charge in [-0.05, 0) is 67.2 Å². The maximum absolute atomic E-state index is 13.8. The highest BCUT2D eigenvalue weighted by molar-refractivity contribution is 8.00. The first-order chi connectivity index (χ1) is 23.6. The van der Waals surface area contributed by atoms with E-state index in [1.807, 2.05) is 46.2 Å². The third-order valence-corrected chi connectivity index (χ3v) is 11.4. The smallest absolute Gasteiger partial charge is 0.262 e. The second-order valence-corrected chi connectivity index (χ2v) is 16.0. The molecule has 49 heavy (non-hydrogen) atoms. The molecule has 4 aromatic rings. The number of benzene rings is 2. The molecular weight excluding hydrogens is 657 g/mol. The molecule has 2 saturated heterocycles. The van der Waals surface area contributed by atoms with Crippen molar-refractivity contribution in [3.05, 3.63) is 69.2 Å². The quantitative estimate of drug-likeness (QED) is 0.160. The number of hydrogen-bond acceptors (Lipinski definition) is 8. The Morgan fingerprint density at radius 1 is 0.633 bits per heavy atom. The lowest BCUT2D eigenvalue weighted by Gasteiger charge is -2.35. The fourth-order valence-corrected chi connectivity index (χ4v) is 9.32. The molecule has 2 aromatic carbocycles. The number of carbonyl (C=O) groups excluding carboxylic acids is 2. The van der Waals surface area contributed by atoms with E-state index >= 15 is 0 Å². The lowest BCUT2D eigenvalue weighted by Crippen LogP contribution is -2.43. The maximum atomic E-state index is 13.8. The van der Waals surface area contributed by atoms with Crippen molar-refractivity contribution in [3.8, 4) is 0 Å². The molecule has 0 spiro atoms. The number of piperidine rings is 2. The highest BCUT2D eigenvalue weighted by Gasteiger charge is 2.27. The molecule has 0 bridgehead atoms. The second kappa shape index (κ2) is 15.5. The Morgan fingerprint density at radius 2 is 1.00 bits per heavy atom. The van der Waals surface area contributed by atoms with Crippen LogP contribution < -0.4 is 11.1 Å². The number of rotatable bonds is 10. The Labute approximate surface area is 295 Å². The van der Waals surface area contributed by atoms with E-state index < -0.39 is 0 Å². The minimum atomic E-state index is -0.171. The lowest BCUT2D eigenvalue weighted by molar-refractivity contribution is -0.131. The molecule has 2 aliphatic rings. The van der Waals surface area contributed by atoms with E-state index in [4.69, 9.17) is 9.97 Å². The number of hydrogen-bond donors (Lipinski definition) is 0. The molecule has 10 nitrogen and oxygen atoms in total. The molecule has 4 heterocycles. The molecule has 0 N–H and O–H groups in total. The summed E-state index contributed by atoms with van der Waals surface area (Å²) in [4.78, 5) is 67.6. The normalized spacial score (nSPS) is 21.4. The molecule has 0 aliphatic carbocycles. The van der Waals surface area contributed by atoms with Gasteiger partial charge < -0.3 is 9.80 Å². The van der Waals surface area contributed by atoms with Gasteiger partial charge in [-0.25, -0.2) is 9.97 Å². The number of thioether (sulfide) groups is 2. The Kier molecular flexibility index (Phi) is 11.1. The zero-order chi connectivity index (χ0) is 34.7. The van der Waals surface area contributed by atoms with E-state index in [0.717, 1.165) is 39.0 Å². The Hall–Kier alpha value is -3.64. The van der Waals surface area contributed by atoms with Crippen LogP contribution in [0, 0.1) is 23.7 Å². The zero-order valence-corrected chi connectivity index (χ0v) is 30.5. The van der Waals surface area contributed by atoms with Crippen LogP contribution in [0.3, 0.4) is 0 Å². The summed E-state index contributed by atoms with van der Waals surface area (Å²) in [7, 11) is 0. The molecule has 12 heteroatoms. The van der Waals surface area contributed by atoms with Crippen LogP contribution >= 0.6 is 23.5 Å². The molecular formula is C37H46N6O4S2. The first-order valence-corrected chi connectivity index (χ1v) is 19.3. The number of likely N-dealkylation sites (tertiary alicyclic amines) is 2. The topological polar surface area (TPSA) is 110 Å². The van der Waals surface area contributed by atoms with Crippen molar-refractivity contribution in [1.29, 1.82) is 0 Å². The number of aromatic nitrogens is 4. The van der Waals surface area contributed by atoms with E-state index in [1.54, 1.807) is 21.3 Å². The summed E-state index contributed by atoms with van der Waals surface area (Å²) in [6, 6.07) is 14.5. The second-order valence-electron chi connectivity index (χ2n) is 14.2. The summed E-state index contributed by atoms with van der Waals surface area (Å²) >= 11 is 2.59. The van der Waals surface area contributed by atoms with Crippen LogP contribution in [0.15, 0.2) is 68.4 Å². The fourth-order valence-electron chi connectivity index (χ4n) is 7.47. The monoisotopic (exact) mass is 702 g/mol. The van der Waals surface area contributed by atoms with Gasteiger partial charge in [-0.1, -0.05) is 75.5 Å². The number of para-hydroxylation sites is 2. The largest absolute Gasteiger partial charge is 0.341 e. The van der Waals surface area contributed by atoms with Crippen LogP contribution in [-0.2, 0) is 22.7 Å². The lowest BCUT2D eigenvalue weighted by atomic mass is 9.92. The third kappa shape index (κ3) is 8.23. The number of amides is 2. The van der Waals surface area contributed by atoms with Gasteiger partial charge in [0.25, 0.3) is 11.1 Å². The van der Waals surface area contributed by atoms with Crippen LogP contribution in [-0.4, -0.2) is 78.4 Å². The first-order valence-electron chi connectivity index (χ1n) is 17.4. The molecule has 4 atom stereocenters. The van der Waals surface area contributed by atoms with E-state index in [1.165, 1.54) is 23.5 Å². The van der Waals surface area contributed by atoms with Crippen molar-refractivity contribution < 1.29 is 9.59 Å². The van der Waals surface area contributed by atoms with Crippen LogP contribution in [0.4, 0.5) is 0 Å². The summed E-state index contributed by atoms with van der Waals surface area (Å²) in [5.74, 6) is 2.33. The summed E-state index contributed by atoms with van der Waals surface area (Å²) in [5, 5.41) is 2.00. The highest BCUT2D eigenvalue weighted by Crippen LogP contribution is 2.26. The minimum absolute atomic E-state index is 0.0517. The average Bonchev–Trinajstić information content (AvgIpc) is 3.07.